The Hall–Kier alpha value is -2.83. The van der Waals surface area contributed by atoms with Gasteiger partial charge in [0, 0.05) is 11.1 Å². The van der Waals surface area contributed by atoms with Crippen molar-refractivity contribution in [1.29, 1.82) is 5.26 Å². The van der Waals surface area contributed by atoms with Crippen molar-refractivity contribution in [3.8, 4) is 6.07 Å². The number of nitriles is 1. The highest BCUT2D eigenvalue weighted by Crippen LogP contribution is 2.33. The average Bonchev–Trinajstić information content (AvgIpc) is 2.59. The van der Waals surface area contributed by atoms with Crippen molar-refractivity contribution < 1.29 is 26.4 Å². The Balaban J connectivity index is 2.24. The third kappa shape index (κ3) is 5.32. The lowest BCUT2D eigenvalue weighted by Crippen LogP contribution is -2.29. The molecular weight excluding hydrogens is 405 g/mol. The molecule has 0 heterocycles. The third-order valence-electron chi connectivity index (χ3n) is 3.26. The molecule has 1 N–H and O–H groups in total. The fourth-order valence-electron chi connectivity index (χ4n) is 1.99. The Morgan fingerprint density at radius 1 is 1.15 bits per heavy atom. The van der Waals surface area contributed by atoms with Crippen molar-refractivity contribution in [3.05, 3.63) is 70.3 Å². The van der Waals surface area contributed by atoms with Gasteiger partial charge < -0.3 is 0 Å². The van der Waals surface area contributed by atoms with Crippen LogP contribution in [-0.2, 0) is 21.0 Å². The molecule has 5 nitrogen and oxygen atoms in total. The van der Waals surface area contributed by atoms with Gasteiger partial charge >= 0.3 is 6.18 Å². The Morgan fingerprint density at radius 3 is 2.33 bits per heavy atom. The minimum absolute atomic E-state index is 0.303. The molecule has 0 saturated heterocycles. The van der Waals surface area contributed by atoms with E-state index in [2.05, 4.69) is 0 Å². The summed E-state index contributed by atoms with van der Waals surface area (Å²) in [5, 5.41) is 9.20. The van der Waals surface area contributed by atoms with E-state index >= 15 is 0 Å². The van der Waals surface area contributed by atoms with Crippen molar-refractivity contribution in [2.24, 2.45) is 0 Å². The molecule has 0 radical (unpaired) electrons. The number of alkyl halides is 3. The zero-order valence-electron chi connectivity index (χ0n) is 13.3. The molecule has 2 aromatic carbocycles. The van der Waals surface area contributed by atoms with Crippen molar-refractivity contribution in [3.63, 3.8) is 0 Å². The molecule has 0 aliphatic rings. The molecule has 0 aliphatic heterocycles. The first kappa shape index (κ1) is 20.5. The van der Waals surface area contributed by atoms with Crippen LogP contribution in [0.1, 0.15) is 16.7 Å². The van der Waals surface area contributed by atoms with E-state index in [1.54, 1.807) is 29.0 Å². The summed E-state index contributed by atoms with van der Waals surface area (Å²) >= 11 is 5.71. The summed E-state index contributed by atoms with van der Waals surface area (Å²) in [6.45, 7) is 0. The molecule has 0 fully saturated rings. The molecule has 0 aromatic heterocycles. The maximum Gasteiger partial charge on any atom is 0.417 e. The van der Waals surface area contributed by atoms with Crippen molar-refractivity contribution >= 4 is 33.6 Å². The van der Waals surface area contributed by atoms with Crippen LogP contribution in [0.2, 0.25) is 5.02 Å². The molecule has 0 aliphatic carbocycles. The van der Waals surface area contributed by atoms with Crippen LogP contribution in [0.4, 0.5) is 13.2 Å². The first-order chi connectivity index (χ1) is 12.5. The highest BCUT2D eigenvalue weighted by molar-refractivity contribution is 7.90. The highest BCUT2D eigenvalue weighted by Gasteiger charge is 2.35. The monoisotopic (exact) mass is 414 g/mol. The molecule has 0 spiro atoms. The van der Waals surface area contributed by atoms with E-state index in [-0.39, 0.29) is 0 Å². The second kappa shape index (κ2) is 7.82. The van der Waals surface area contributed by atoms with Crippen LogP contribution in [-0.4, -0.2) is 14.3 Å². The summed E-state index contributed by atoms with van der Waals surface area (Å²) in [7, 11) is -4.56. The summed E-state index contributed by atoms with van der Waals surface area (Å²) < 4.78 is 64.8. The van der Waals surface area contributed by atoms with Crippen LogP contribution in [0.5, 0.6) is 0 Å². The molecule has 0 saturated carbocycles. The molecule has 0 unspecified atom stereocenters. The van der Waals surface area contributed by atoms with E-state index in [1.165, 1.54) is 12.1 Å². The number of amides is 1. The molecule has 27 heavy (non-hydrogen) atoms. The standard InChI is InChI=1S/C17H10ClF3N2O3S/c18-13-5-1-11(2-6-13)3-8-16(24)23-27(25,26)14-7-4-12(10-22)15(9-14)17(19,20)21/h1-9H,(H,23,24)/b8-3-. The predicted octanol–water partition coefficient (Wildman–Crippen LogP) is 3.75. The number of carbonyl (C=O) groups excluding carboxylic acids is 1. The Labute approximate surface area is 157 Å². The number of sulfonamides is 1. The van der Waals surface area contributed by atoms with Crippen molar-refractivity contribution in [1.82, 2.24) is 4.72 Å². The van der Waals surface area contributed by atoms with Gasteiger partial charge in [0.1, 0.15) is 0 Å². The lowest BCUT2D eigenvalue weighted by Gasteiger charge is -2.11. The summed E-state index contributed by atoms with van der Waals surface area (Å²) in [5.41, 5.74) is -1.57. The second-order valence-corrected chi connectivity index (χ2v) is 7.29. The lowest BCUT2D eigenvalue weighted by molar-refractivity contribution is -0.137. The molecule has 2 rings (SSSR count). The van der Waals surface area contributed by atoms with Crippen LogP contribution in [0, 0.1) is 11.3 Å². The zero-order chi connectivity index (χ0) is 20.2. The minimum Gasteiger partial charge on any atom is -0.269 e. The molecular formula is C17H10ClF3N2O3S. The molecule has 0 bridgehead atoms. The van der Waals surface area contributed by atoms with Gasteiger partial charge in [0.25, 0.3) is 15.9 Å². The van der Waals surface area contributed by atoms with Gasteiger partial charge in [0.15, 0.2) is 0 Å². The number of halogens is 4. The zero-order valence-corrected chi connectivity index (χ0v) is 14.9. The Bertz CT molecular complexity index is 1040. The second-order valence-electron chi connectivity index (χ2n) is 5.17. The van der Waals surface area contributed by atoms with E-state index < -0.39 is 38.1 Å². The number of hydrogen-bond donors (Lipinski definition) is 1. The van der Waals surface area contributed by atoms with Crippen LogP contribution >= 0.6 is 11.6 Å². The first-order valence-electron chi connectivity index (χ1n) is 7.15. The fourth-order valence-corrected chi connectivity index (χ4v) is 3.09. The molecule has 10 heteroatoms. The van der Waals surface area contributed by atoms with Gasteiger partial charge in [-0.3, -0.25) is 4.79 Å². The van der Waals surface area contributed by atoms with E-state index in [0.29, 0.717) is 16.7 Å². The number of benzene rings is 2. The van der Waals surface area contributed by atoms with E-state index in [0.717, 1.165) is 18.2 Å². The van der Waals surface area contributed by atoms with E-state index in [1.807, 2.05) is 0 Å². The topological polar surface area (TPSA) is 87.0 Å². The van der Waals surface area contributed by atoms with Crippen molar-refractivity contribution in [2.75, 3.05) is 0 Å². The van der Waals surface area contributed by atoms with Gasteiger partial charge in [0.05, 0.1) is 22.1 Å². The van der Waals surface area contributed by atoms with Crippen LogP contribution in [0.3, 0.4) is 0 Å². The quantitative estimate of drug-likeness (QED) is 0.772. The largest absolute Gasteiger partial charge is 0.417 e. The number of nitrogens with zero attached hydrogens (tertiary/aromatic N) is 1. The van der Waals surface area contributed by atoms with Gasteiger partial charge in [-0.2, -0.15) is 18.4 Å². The summed E-state index contributed by atoms with van der Waals surface area (Å²) in [6.07, 6.45) is -2.70. The van der Waals surface area contributed by atoms with Gasteiger partial charge in [-0.05, 0) is 42.0 Å². The average molecular weight is 415 g/mol. The van der Waals surface area contributed by atoms with Crippen molar-refractivity contribution in [2.45, 2.75) is 11.1 Å². The summed E-state index contributed by atoms with van der Waals surface area (Å²) in [4.78, 5) is 11.0. The van der Waals surface area contributed by atoms with E-state index in [4.69, 9.17) is 16.9 Å². The molecule has 0 atom stereocenters. The summed E-state index contributed by atoms with van der Waals surface area (Å²) in [6, 6.07) is 9.47. The Kier molecular flexibility index (Phi) is 5.93. The predicted molar refractivity (Wildman–Crippen MR) is 92.0 cm³/mol. The van der Waals surface area contributed by atoms with Crippen LogP contribution in [0.15, 0.2) is 53.4 Å². The normalized spacial score (nSPS) is 12.0. The Morgan fingerprint density at radius 2 is 1.78 bits per heavy atom. The van der Waals surface area contributed by atoms with Crippen LogP contribution in [0.25, 0.3) is 6.08 Å². The van der Waals surface area contributed by atoms with Crippen LogP contribution < -0.4 is 4.72 Å². The maximum absolute atomic E-state index is 12.9. The first-order valence-corrected chi connectivity index (χ1v) is 9.01. The molecule has 140 valence electrons. The minimum atomic E-state index is -4.92. The molecule has 2 aromatic rings. The molecule has 1 amide bonds. The highest BCUT2D eigenvalue weighted by atomic mass is 35.5. The smallest absolute Gasteiger partial charge is 0.269 e. The number of hydrogen-bond acceptors (Lipinski definition) is 4. The van der Waals surface area contributed by atoms with Gasteiger partial charge in [-0.1, -0.05) is 23.7 Å². The number of carbonyl (C=O) groups is 1. The number of nitrogens with one attached hydrogen (secondary N) is 1. The number of rotatable bonds is 4. The van der Waals surface area contributed by atoms with E-state index in [9.17, 15) is 26.4 Å². The maximum atomic E-state index is 12.9. The van der Waals surface area contributed by atoms with Gasteiger partial charge in [-0.15, -0.1) is 0 Å². The summed E-state index contributed by atoms with van der Waals surface area (Å²) in [5.74, 6) is -1.05. The third-order valence-corrected chi connectivity index (χ3v) is 4.86. The van der Waals surface area contributed by atoms with Gasteiger partial charge in [0.2, 0.25) is 0 Å². The fraction of sp³-hybridized carbons (Fsp3) is 0.0588. The lowest BCUT2D eigenvalue weighted by atomic mass is 10.1. The van der Waals surface area contributed by atoms with Gasteiger partial charge in [-0.25, -0.2) is 13.1 Å². The SMILES string of the molecule is N#Cc1ccc(S(=O)(=O)NC(=O)/C=C\c2ccc(Cl)cc2)cc1C(F)(F)F.